The van der Waals surface area contributed by atoms with Gasteiger partial charge in [-0.05, 0) is 59.2 Å². The van der Waals surface area contributed by atoms with Crippen molar-refractivity contribution in [3.8, 4) is 0 Å². The monoisotopic (exact) mass is 333 g/mol. The molecule has 1 atom stereocenters. The van der Waals surface area contributed by atoms with Crippen LogP contribution in [0.15, 0.2) is 24.3 Å². The third kappa shape index (κ3) is 4.02. The van der Waals surface area contributed by atoms with E-state index in [1.165, 1.54) is 12.1 Å². The molecule has 0 saturated carbocycles. The summed E-state index contributed by atoms with van der Waals surface area (Å²) in [5.41, 5.74) is 2.85. The molecule has 1 unspecified atom stereocenters. The quantitative estimate of drug-likeness (QED) is 0.882. The first-order valence-corrected chi connectivity index (χ1v) is 8.27. The molecule has 0 amide bonds. The van der Waals surface area contributed by atoms with Gasteiger partial charge in [0.2, 0.25) is 0 Å². The van der Waals surface area contributed by atoms with E-state index < -0.39 is 5.60 Å². The summed E-state index contributed by atoms with van der Waals surface area (Å²) in [6, 6.07) is 5.97. The zero-order chi connectivity index (χ0) is 18.1. The van der Waals surface area contributed by atoms with Crippen LogP contribution in [0.2, 0.25) is 0 Å². The molecule has 0 aliphatic carbocycles. The third-order valence-electron chi connectivity index (χ3n) is 4.31. The van der Waals surface area contributed by atoms with Crippen molar-refractivity contribution < 1.29 is 9.50 Å². The molecule has 0 aliphatic heterocycles. The fraction of sp³-hybridized carbons (Fsp3) is 0.526. The molecule has 0 spiro atoms. The topological polar surface area (TPSA) is 50.1 Å². The number of hydrogen-bond donors (Lipinski definition) is 2. The molecule has 5 heteroatoms. The number of hydrogen-bond acceptors (Lipinski definition) is 3. The van der Waals surface area contributed by atoms with Crippen molar-refractivity contribution in [3.05, 3.63) is 52.6 Å². The molecule has 0 saturated heterocycles. The fourth-order valence-corrected chi connectivity index (χ4v) is 2.93. The van der Waals surface area contributed by atoms with E-state index in [1.54, 1.807) is 19.1 Å². The van der Waals surface area contributed by atoms with Crippen molar-refractivity contribution in [1.82, 2.24) is 15.1 Å². The van der Waals surface area contributed by atoms with Gasteiger partial charge >= 0.3 is 0 Å². The average molecular weight is 333 g/mol. The Bertz CT molecular complexity index is 697. The number of halogens is 1. The van der Waals surface area contributed by atoms with Gasteiger partial charge in [0, 0.05) is 24.3 Å². The fourth-order valence-electron chi connectivity index (χ4n) is 2.93. The molecule has 0 aliphatic rings. The highest BCUT2D eigenvalue weighted by Gasteiger charge is 2.24. The van der Waals surface area contributed by atoms with Gasteiger partial charge in [-0.3, -0.25) is 4.68 Å². The second kappa shape index (κ2) is 6.65. The summed E-state index contributed by atoms with van der Waals surface area (Å²) in [5.74, 6) is -0.302. The zero-order valence-electron chi connectivity index (χ0n) is 15.4. The minimum Gasteiger partial charge on any atom is -0.384 e. The summed E-state index contributed by atoms with van der Waals surface area (Å²) in [7, 11) is 0. The number of nitrogens with one attached hydrogen (secondary N) is 1. The Labute approximate surface area is 143 Å². The van der Waals surface area contributed by atoms with E-state index in [-0.39, 0.29) is 11.4 Å². The average Bonchev–Trinajstić information content (AvgIpc) is 2.75. The Balaban J connectivity index is 2.06. The molecule has 4 nitrogen and oxygen atoms in total. The van der Waals surface area contributed by atoms with Crippen LogP contribution in [-0.4, -0.2) is 21.4 Å². The Morgan fingerprint density at radius 2 is 1.71 bits per heavy atom. The number of aryl methyl sites for hydroxylation is 1. The van der Waals surface area contributed by atoms with E-state index in [1.807, 2.05) is 11.6 Å². The van der Waals surface area contributed by atoms with Crippen LogP contribution >= 0.6 is 0 Å². The first-order chi connectivity index (χ1) is 11.0. The minimum absolute atomic E-state index is 0.0628. The van der Waals surface area contributed by atoms with E-state index in [0.717, 1.165) is 17.0 Å². The number of nitrogens with zero attached hydrogens (tertiary/aromatic N) is 2. The number of aliphatic hydroxyl groups is 1. The summed E-state index contributed by atoms with van der Waals surface area (Å²) in [6.07, 6.45) is 0. The molecule has 1 aromatic carbocycles. The lowest BCUT2D eigenvalue weighted by atomic mass is 9.96. The van der Waals surface area contributed by atoms with Gasteiger partial charge in [0.1, 0.15) is 5.82 Å². The van der Waals surface area contributed by atoms with E-state index in [9.17, 15) is 9.50 Å². The van der Waals surface area contributed by atoms with E-state index in [0.29, 0.717) is 18.7 Å². The van der Waals surface area contributed by atoms with Crippen molar-refractivity contribution in [1.29, 1.82) is 0 Å². The molecule has 2 rings (SSSR count). The molecule has 132 valence electrons. The highest BCUT2D eigenvalue weighted by molar-refractivity contribution is 5.26. The Kier molecular flexibility index (Phi) is 5.16. The highest BCUT2D eigenvalue weighted by atomic mass is 19.1. The molecule has 0 radical (unpaired) electrons. The van der Waals surface area contributed by atoms with Gasteiger partial charge in [-0.25, -0.2) is 4.39 Å². The summed E-state index contributed by atoms with van der Waals surface area (Å²) in [6.45, 7) is 13.2. The van der Waals surface area contributed by atoms with Crippen LogP contribution < -0.4 is 5.32 Å². The Morgan fingerprint density at radius 1 is 1.12 bits per heavy atom. The molecule has 2 aromatic rings. The maximum absolute atomic E-state index is 13.0. The standard InChI is InChI=1S/C19H28FN3O/c1-13-17(14(2)23(22-13)18(3,4)5)11-21-12-19(6,24)15-7-9-16(20)10-8-15/h7-10,21,24H,11-12H2,1-6H3. The summed E-state index contributed by atoms with van der Waals surface area (Å²) in [4.78, 5) is 0. The van der Waals surface area contributed by atoms with Crippen molar-refractivity contribution >= 4 is 0 Å². The van der Waals surface area contributed by atoms with Crippen LogP contribution in [0.5, 0.6) is 0 Å². The lowest BCUT2D eigenvalue weighted by molar-refractivity contribution is 0.0565. The molecule has 0 bridgehead atoms. The zero-order valence-corrected chi connectivity index (χ0v) is 15.4. The van der Waals surface area contributed by atoms with Crippen LogP contribution in [-0.2, 0) is 17.7 Å². The molecule has 1 aromatic heterocycles. The minimum atomic E-state index is -1.06. The van der Waals surface area contributed by atoms with Gasteiger partial charge in [0.05, 0.1) is 16.8 Å². The van der Waals surface area contributed by atoms with Gasteiger partial charge in [0.15, 0.2) is 0 Å². The molecule has 2 N–H and O–H groups in total. The Hall–Kier alpha value is -1.72. The first-order valence-electron chi connectivity index (χ1n) is 8.27. The van der Waals surface area contributed by atoms with E-state index in [4.69, 9.17) is 0 Å². The van der Waals surface area contributed by atoms with Crippen molar-refractivity contribution in [3.63, 3.8) is 0 Å². The van der Waals surface area contributed by atoms with Crippen molar-refractivity contribution in [2.75, 3.05) is 6.54 Å². The normalized spacial score (nSPS) is 14.7. The van der Waals surface area contributed by atoms with Crippen molar-refractivity contribution in [2.45, 2.75) is 59.2 Å². The van der Waals surface area contributed by atoms with Crippen LogP contribution in [0.1, 0.15) is 50.2 Å². The SMILES string of the molecule is Cc1nn(C(C)(C)C)c(C)c1CNCC(C)(O)c1ccc(F)cc1. The smallest absolute Gasteiger partial charge is 0.123 e. The molecule has 0 fully saturated rings. The maximum atomic E-state index is 13.0. The van der Waals surface area contributed by atoms with Gasteiger partial charge in [-0.2, -0.15) is 5.10 Å². The maximum Gasteiger partial charge on any atom is 0.123 e. The molecular weight excluding hydrogens is 305 g/mol. The second-order valence-corrected chi connectivity index (χ2v) is 7.62. The van der Waals surface area contributed by atoms with Crippen LogP contribution in [0.25, 0.3) is 0 Å². The highest BCUT2D eigenvalue weighted by Crippen LogP contribution is 2.23. The predicted molar refractivity (Wildman–Crippen MR) is 94.4 cm³/mol. The van der Waals surface area contributed by atoms with Crippen LogP contribution in [0.3, 0.4) is 0 Å². The Morgan fingerprint density at radius 3 is 2.21 bits per heavy atom. The van der Waals surface area contributed by atoms with E-state index >= 15 is 0 Å². The molecule has 24 heavy (non-hydrogen) atoms. The second-order valence-electron chi connectivity index (χ2n) is 7.62. The number of rotatable bonds is 5. The lowest BCUT2D eigenvalue weighted by Gasteiger charge is -2.25. The van der Waals surface area contributed by atoms with E-state index in [2.05, 4.69) is 38.1 Å². The molecule has 1 heterocycles. The lowest BCUT2D eigenvalue weighted by Crippen LogP contribution is -2.35. The number of aromatic nitrogens is 2. The summed E-state index contributed by atoms with van der Waals surface area (Å²) >= 11 is 0. The molecular formula is C19H28FN3O. The van der Waals surface area contributed by atoms with Gasteiger partial charge in [-0.15, -0.1) is 0 Å². The first kappa shape index (κ1) is 18.6. The van der Waals surface area contributed by atoms with Crippen LogP contribution in [0, 0.1) is 19.7 Å². The summed E-state index contributed by atoms with van der Waals surface area (Å²) in [5, 5.41) is 18.6. The van der Waals surface area contributed by atoms with Gasteiger partial charge in [0.25, 0.3) is 0 Å². The van der Waals surface area contributed by atoms with Crippen molar-refractivity contribution in [2.24, 2.45) is 0 Å². The van der Waals surface area contributed by atoms with Crippen LogP contribution in [0.4, 0.5) is 4.39 Å². The van der Waals surface area contributed by atoms with Gasteiger partial charge < -0.3 is 10.4 Å². The largest absolute Gasteiger partial charge is 0.384 e. The predicted octanol–water partition coefficient (Wildman–Crippen LogP) is 3.39. The van der Waals surface area contributed by atoms with Gasteiger partial charge in [-0.1, -0.05) is 12.1 Å². The third-order valence-corrected chi connectivity index (χ3v) is 4.31. The summed E-state index contributed by atoms with van der Waals surface area (Å²) < 4.78 is 15.1. The number of benzene rings is 1.